The maximum atomic E-state index is 13.8. The summed E-state index contributed by atoms with van der Waals surface area (Å²) in [6, 6.07) is 34.7. The summed E-state index contributed by atoms with van der Waals surface area (Å²) in [5, 5.41) is 0. The minimum atomic E-state index is -3.86. The lowest BCUT2D eigenvalue weighted by atomic mass is 10.00. The van der Waals surface area contributed by atoms with Gasteiger partial charge in [0.15, 0.2) is 0 Å². The molecule has 0 saturated carbocycles. The second-order valence-corrected chi connectivity index (χ2v) is 31.1. The van der Waals surface area contributed by atoms with Gasteiger partial charge < -0.3 is 9.97 Å². The largest absolute Gasteiger partial charge is 0.354 e. The zero-order valence-corrected chi connectivity index (χ0v) is 57.5. The summed E-state index contributed by atoms with van der Waals surface area (Å²) < 4.78 is 122. The van der Waals surface area contributed by atoms with E-state index in [1.165, 1.54) is 0 Å². The van der Waals surface area contributed by atoms with Crippen LogP contribution in [0, 0.1) is 23.7 Å². The van der Waals surface area contributed by atoms with Crippen LogP contribution >= 0.6 is 0 Å². The minimum absolute atomic E-state index is 0.116. The Balaban J connectivity index is 1.27. The van der Waals surface area contributed by atoms with E-state index in [1.54, 1.807) is 97.1 Å². The molecule has 8 bridgehead atoms. The van der Waals surface area contributed by atoms with E-state index in [9.17, 15) is 33.7 Å². The van der Waals surface area contributed by atoms with Gasteiger partial charge in [0.05, 0.1) is 42.4 Å². The van der Waals surface area contributed by atoms with Crippen LogP contribution in [0.25, 0.3) is 90.9 Å². The Morgan fingerprint density at radius 2 is 0.478 bits per heavy atom. The maximum Gasteiger partial charge on any atom is 0.240 e. The van der Waals surface area contributed by atoms with Crippen molar-refractivity contribution >= 4 is 86.5 Å². The molecule has 0 amide bonds. The van der Waals surface area contributed by atoms with Crippen molar-refractivity contribution < 1.29 is 33.7 Å². The molecule has 92 heavy (non-hydrogen) atoms. The molecule has 20 heteroatoms. The summed E-state index contributed by atoms with van der Waals surface area (Å²) in [5.74, 6) is 1.62. The highest BCUT2D eigenvalue weighted by atomic mass is 32.2. The van der Waals surface area contributed by atoms with Gasteiger partial charge >= 0.3 is 0 Å². The molecular weight excluding hydrogens is 1230 g/mol. The smallest absolute Gasteiger partial charge is 0.240 e. The number of sulfonamides is 4. The van der Waals surface area contributed by atoms with E-state index in [4.69, 9.17) is 9.97 Å². The highest BCUT2D eigenvalue weighted by Gasteiger charge is 2.24. The van der Waals surface area contributed by atoms with E-state index in [-0.39, 0.29) is 19.6 Å². The first-order valence-electron chi connectivity index (χ1n) is 32.8. The molecule has 3 aromatic heterocycles. The second-order valence-electron chi connectivity index (χ2n) is 24.1. The van der Waals surface area contributed by atoms with Gasteiger partial charge in [0, 0.05) is 70.5 Å². The molecule has 9 rings (SSSR count). The molecule has 2 aliphatic heterocycles. The van der Waals surface area contributed by atoms with Gasteiger partial charge in [-0.3, -0.25) is 0 Å². The highest BCUT2D eigenvalue weighted by molar-refractivity contribution is 7.90. The molecule has 2 aliphatic rings. The third-order valence-corrected chi connectivity index (χ3v) is 24.5. The van der Waals surface area contributed by atoms with Crippen LogP contribution in [0.3, 0.4) is 0 Å². The van der Waals surface area contributed by atoms with Crippen molar-refractivity contribution in [2.45, 2.75) is 152 Å². The summed E-state index contributed by atoms with van der Waals surface area (Å²) in [6.07, 6.45) is 18.2. The number of benzene rings is 4. The average molecular weight is 1320 g/mol. The van der Waals surface area contributed by atoms with Crippen LogP contribution in [0.4, 0.5) is 0 Å². The van der Waals surface area contributed by atoms with Crippen LogP contribution in [0.15, 0.2) is 141 Å². The molecule has 0 aliphatic carbocycles. The number of aromatic amines is 2. The lowest BCUT2D eigenvalue weighted by Gasteiger charge is -2.13. The number of nitrogens with one attached hydrogen (secondary N) is 6. The van der Waals surface area contributed by atoms with E-state index < -0.39 is 40.1 Å². The van der Waals surface area contributed by atoms with Gasteiger partial charge in [0.25, 0.3) is 0 Å². The van der Waals surface area contributed by atoms with Crippen LogP contribution in [0.1, 0.15) is 155 Å². The van der Waals surface area contributed by atoms with Crippen LogP contribution in [0.5, 0.6) is 0 Å². The fourth-order valence-corrected chi connectivity index (χ4v) is 16.5. The minimum Gasteiger partial charge on any atom is -0.354 e. The Kier molecular flexibility index (Phi) is 23.3. The fraction of sp³-hybridized carbons (Fsp3) is 0.389. The van der Waals surface area contributed by atoms with Crippen LogP contribution < -0.4 is 18.9 Å². The molecule has 7 aromatic rings. The molecule has 0 saturated heterocycles. The van der Waals surface area contributed by atoms with Gasteiger partial charge in [-0.1, -0.05) is 155 Å². The molecule has 6 N–H and O–H groups in total. The van der Waals surface area contributed by atoms with E-state index in [1.807, 2.05) is 48.6 Å². The molecule has 0 spiro atoms. The van der Waals surface area contributed by atoms with Gasteiger partial charge in [0.1, 0.15) is 0 Å². The summed E-state index contributed by atoms with van der Waals surface area (Å²) >= 11 is 0. The predicted octanol–water partition coefficient (Wildman–Crippen LogP) is 15.7. The number of hydrogen-bond donors (Lipinski definition) is 6. The van der Waals surface area contributed by atoms with Crippen LogP contribution in [-0.2, 0) is 40.1 Å². The van der Waals surface area contributed by atoms with Crippen molar-refractivity contribution in [1.82, 2.24) is 38.8 Å². The molecule has 16 nitrogen and oxygen atoms in total. The Labute approximate surface area is 545 Å². The second kappa shape index (κ2) is 30.9. The van der Waals surface area contributed by atoms with Crippen molar-refractivity contribution in [3.8, 4) is 44.5 Å². The Morgan fingerprint density at radius 1 is 0.293 bits per heavy atom. The Hall–Kier alpha value is -6.88. The number of rotatable bonds is 32. The Morgan fingerprint density at radius 3 is 0.652 bits per heavy atom. The van der Waals surface area contributed by atoms with Crippen LogP contribution in [-0.4, -0.2) is 79.8 Å². The van der Waals surface area contributed by atoms with Gasteiger partial charge in [-0.15, -0.1) is 0 Å². The normalized spacial score (nSPS) is 13.0. The lowest BCUT2D eigenvalue weighted by Crippen LogP contribution is -2.26. The van der Waals surface area contributed by atoms with E-state index in [0.717, 1.165) is 77.0 Å². The third kappa shape index (κ3) is 16.4. The standard InChI is InChI=1S/C72H90N8O8S4/c1-9-49(10-2)41-45-73-89(81,82)57-25-17-53(18-26-57)69-61-33-35-63(77-61)70(54-19-27-58(28-20-54)90(83,84)74-46-42-50(11-3)12-4)65-37-39-67(79-65)72(56-23-31-60(32-24-56)92(87,88)76-48-44-52(15-7)16-8)68-40-38-66(80-68)71(64-36-34-62(69)78-64)55-21-29-59(30-22-55)91(85,86)75-47-43-51(13-5)14-6/h17-40,49-52,73-77,80H,9-16,41-48H2,1-8H3. The molecule has 0 fully saturated rings. The molecule has 0 unspecified atom stereocenters. The van der Waals surface area contributed by atoms with Gasteiger partial charge in [-0.05, 0) is 169 Å². The van der Waals surface area contributed by atoms with E-state index in [2.05, 4.69) is 84.2 Å². The molecular formula is C72H90N8O8S4. The highest BCUT2D eigenvalue weighted by Crippen LogP contribution is 2.40. The van der Waals surface area contributed by atoms with Crippen molar-refractivity contribution in [3.05, 3.63) is 144 Å². The molecule has 0 radical (unpaired) electrons. The summed E-state index contributed by atoms with van der Waals surface area (Å²) in [7, 11) is -15.5. The van der Waals surface area contributed by atoms with Crippen molar-refractivity contribution in [2.75, 3.05) is 26.2 Å². The summed E-state index contributed by atoms with van der Waals surface area (Å²) in [6.45, 7) is 18.2. The van der Waals surface area contributed by atoms with Crippen molar-refractivity contribution in [1.29, 1.82) is 0 Å². The third-order valence-electron chi connectivity index (χ3n) is 18.6. The SMILES string of the molecule is CCC(CC)CCNS(=O)(=O)c1ccc(-c2c3nc(c(-c4ccc(S(=O)(=O)NCCC(CC)CC)cc4)c4ccc([nH]4)c(-c4ccc(S(=O)(=O)NCCC(CC)CC)cc4)c4nc(c(-c5ccc(S(=O)(=O)NCCC(CC)CC)cc5)c5ccc2[nH]5)C=C4)C=C3)cc1. The van der Waals surface area contributed by atoms with Gasteiger partial charge in [-0.25, -0.2) is 62.5 Å². The topological polar surface area (TPSA) is 242 Å². The summed E-state index contributed by atoms with van der Waals surface area (Å²) in [5.41, 5.74) is 9.89. The summed E-state index contributed by atoms with van der Waals surface area (Å²) in [4.78, 5) is 18.7. The molecule has 5 heterocycles. The van der Waals surface area contributed by atoms with Gasteiger partial charge in [-0.2, -0.15) is 0 Å². The maximum absolute atomic E-state index is 13.8. The lowest BCUT2D eigenvalue weighted by molar-refractivity contribution is 0.453. The van der Waals surface area contributed by atoms with E-state index in [0.29, 0.717) is 139 Å². The molecule has 0 atom stereocenters. The number of H-pyrrole nitrogens is 2. The Bertz CT molecular complexity index is 3840. The quantitative estimate of drug-likeness (QED) is 0.0233. The van der Waals surface area contributed by atoms with Crippen molar-refractivity contribution in [2.24, 2.45) is 23.7 Å². The average Bonchev–Trinajstić information content (AvgIpc) is 1.60. The number of nitrogens with zero attached hydrogens (tertiary/aromatic N) is 2. The molecule has 4 aromatic carbocycles. The first-order chi connectivity index (χ1) is 44.2. The van der Waals surface area contributed by atoms with Crippen molar-refractivity contribution in [3.63, 3.8) is 0 Å². The monoisotopic (exact) mass is 1320 g/mol. The van der Waals surface area contributed by atoms with Gasteiger partial charge in [0.2, 0.25) is 40.1 Å². The number of hydrogen-bond acceptors (Lipinski definition) is 10. The number of fused-ring (bicyclic) bond motifs is 8. The fourth-order valence-electron chi connectivity index (χ4n) is 12.3. The molecule has 490 valence electrons. The number of aromatic nitrogens is 4. The zero-order chi connectivity index (χ0) is 65.8. The van der Waals surface area contributed by atoms with Crippen LogP contribution in [0.2, 0.25) is 0 Å². The predicted molar refractivity (Wildman–Crippen MR) is 376 cm³/mol. The van der Waals surface area contributed by atoms with E-state index >= 15 is 0 Å². The first-order valence-corrected chi connectivity index (χ1v) is 38.7. The first kappa shape index (κ1) is 69.5. The zero-order valence-electron chi connectivity index (χ0n) is 54.3.